The zero-order chi connectivity index (χ0) is 12.7. The highest BCUT2D eigenvalue weighted by molar-refractivity contribution is 5.80. The predicted octanol–water partition coefficient (Wildman–Crippen LogP) is 2.53. The average molecular weight is 234 g/mol. The van der Waals surface area contributed by atoms with Crippen LogP contribution in [0.15, 0.2) is 24.3 Å². The van der Waals surface area contributed by atoms with E-state index in [4.69, 9.17) is 0 Å². The first-order chi connectivity index (χ1) is 8.17. The molecule has 3 nitrogen and oxygen atoms in total. The van der Waals surface area contributed by atoms with Crippen LogP contribution in [-0.4, -0.2) is 30.9 Å². The molecule has 0 bridgehead atoms. The number of carbonyl (C=O) groups is 1. The Kier molecular flexibility index (Phi) is 5.53. The van der Waals surface area contributed by atoms with E-state index in [1.54, 1.807) is 4.90 Å². The molecule has 1 aromatic carbocycles. The minimum Gasteiger partial charge on any atom is -0.376 e. The number of anilines is 1. The highest BCUT2D eigenvalue weighted by Gasteiger charge is 2.05. The number of likely N-dealkylation sites (N-methyl/N-ethyl adjacent to an activating group) is 1. The molecule has 0 aliphatic rings. The van der Waals surface area contributed by atoms with Gasteiger partial charge in [0, 0.05) is 19.3 Å². The van der Waals surface area contributed by atoms with E-state index in [2.05, 4.69) is 24.4 Å². The molecular weight excluding hydrogens is 212 g/mol. The Morgan fingerprint density at radius 2 is 1.88 bits per heavy atom. The lowest BCUT2D eigenvalue weighted by molar-refractivity contribution is -0.127. The Morgan fingerprint density at radius 1 is 1.24 bits per heavy atom. The van der Waals surface area contributed by atoms with Crippen molar-refractivity contribution >= 4 is 11.6 Å². The zero-order valence-electron chi connectivity index (χ0n) is 11.0. The van der Waals surface area contributed by atoms with Gasteiger partial charge < -0.3 is 10.2 Å². The summed E-state index contributed by atoms with van der Waals surface area (Å²) in [5.41, 5.74) is 2.35. The van der Waals surface area contributed by atoms with Gasteiger partial charge in [-0.1, -0.05) is 25.5 Å². The van der Waals surface area contributed by atoms with Crippen molar-refractivity contribution in [2.45, 2.75) is 26.7 Å². The molecule has 1 amide bonds. The first-order valence-electron chi connectivity index (χ1n) is 6.24. The number of carbonyl (C=O) groups excluding carboxylic acids is 1. The fourth-order valence-corrected chi connectivity index (χ4v) is 1.57. The molecule has 1 rings (SSSR count). The molecule has 0 spiro atoms. The molecule has 0 saturated heterocycles. The number of amides is 1. The summed E-state index contributed by atoms with van der Waals surface area (Å²) in [6.45, 7) is 5.25. The van der Waals surface area contributed by atoms with Crippen LogP contribution in [0.2, 0.25) is 0 Å². The number of nitrogens with zero attached hydrogens (tertiary/aromatic N) is 1. The van der Waals surface area contributed by atoms with Gasteiger partial charge in [-0.2, -0.15) is 0 Å². The first kappa shape index (κ1) is 13.6. The van der Waals surface area contributed by atoms with Crippen LogP contribution in [0.5, 0.6) is 0 Å². The Hall–Kier alpha value is -1.51. The molecule has 0 aliphatic heterocycles. The van der Waals surface area contributed by atoms with Crippen molar-refractivity contribution in [1.29, 1.82) is 0 Å². The summed E-state index contributed by atoms with van der Waals surface area (Å²) in [4.78, 5) is 13.3. The van der Waals surface area contributed by atoms with Gasteiger partial charge in [0.15, 0.2) is 0 Å². The molecule has 17 heavy (non-hydrogen) atoms. The topological polar surface area (TPSA) is 32.3 Å². The lowest BCUT2D eigenvalue weighted by Crippen LogP contribution is -2.31. The number of benzene rings is 1. The molecule has 0 atom stereocenters. The average Bonchev–Trinajstić information content (AvgIpc) is 2.37. The number of hydrogen-bond acceptors (Lipinski definition) is 2. The van der Waals surface area contributed by atoms with E-state index >= 15 is 0 Å². The molecule has 0 unspecified atom stereocenters. The van der Waals surface area contributed by atoms with E-state index < -0.39 is 0 Å². The van der Waals surface area contributed by atoms with Crippen LogP contribution in [0.1, 0.15) is 25.8 Å². The largest absolute Gasteiger partial charge is 0.376 e. The minimum atomic E-state index is 0.116. The third kappa shape index (κ3) is 4.47. The molecule has 3 heteroatoms. The van der Waals surface area contributed by atoms with Gasteiger partial charge in [0.05, 0.1) is 6.54 Å². The molecule has 1 aromatic rings. The molecule has 1 N–H and O–H groups in total. The van der Waals surface area contributed by atoms with Gasteiger partial charge in [-0.15, -0.1) is 0 Å². The zero-order valence-corrected chi connectivity index (χ0v) is 11.0. The van der Waals surface area contributed by atoms with E-state index in [1.165, 1.54) is 5.56 Å². The van der Waals surface area contributed by atoms with Crippen molar-refractivity contribution in [3.63, 3.8) is 0 Å². The van der Waals surface area contributed by atoms with Gasteiger partial charge in [0.2, 0.25) is 5.91 Å². The molecule has 0 aromatic heterocycles. The summed E-state index contributed by atoms with van der Waals surface area (Å²) in [5.74, 6) is 0.116. The van der Waals surface area contributed by atoms with Gasteiger partial charge in [0.25, 0.3) is 0 Å². The second-order valence-electron chi connectivity index (χ2n) is 4.21. The molecule has 0 fully saturated rings. The first-order valence-corrected chi connectivity index (χ1v) is 6.24. The van der Waals surface area contributed by atoms with E-state index in [9.17, 15) is 4.79 Å². The number of rotatable bonds is 6. The second-order valence-corrected chi connectivity index (χ2v) is 4.21. The van der Waals surface area contributed by atoms with Crippen molar-refractivity contribution in [1.82, 2.24) is 4.90 Å². The van der Waals surface area contributed by atoms with Crippen molar-refractivity contribution in [3.05, 3.63) is 29.8 Å². The maximum Gasteiger partial charge on any atom is 0.241 e. The molecule has 0 radical (unpaired) electrons. The summed E-state index contributed by atoms with van der Waals surface area (Å²) in [6.07, 6.45) is 2.27. The van der Waals surface area contributed by atoms with Crippen molar-refractivity contribution in [3.8, 4) is 0 Å². The van der Waals surface area contributed by atoms with Crippen LogP contribution in [0, 0.1) is 0 Å². The number of aryl methyl sites for hydroxylation is 1. The summed E-state index contributed by atoms with van der Waals surface area (Å²) in [6, 6.07) is 8.29. The highest BCUT2D eigenvalue weighted by atomic mass is 16.2. The van der Waals surface area contributed by atoms with E-state index in [0.29, 0.717) is 6.54 Å². The quantitative estimate of drug-likeness (QED) is 0.820. The molecule has 0 saturated carbocycles. The predicted molar refractivity (Wildman–Crippen MR) is 72.2 cm³/mol. The monoisotopic (exact) mass is 234 g/mol. The minimum absolute atomic E-state index is 0.116. The SMILES string of the molecule is CCCc1ccc(NCC(=O)N(C)CC)cc1. The lowest BCUT2D eigenvalue weighted by Gasteiger charge is -2.15. The standard InChI is InChI=1S/C14H22N2O/c1-4-6-12-7-9-13(10-8-12)15-11-14(17)16(3)5-2/h7-10,15H,4-6,11H2,1-3H3. The Bertz CT molecular complexity index is 346. The van der Waals surface area contributed by atoms with E-state index in [-0.39, 0.29) is 5.91 Å². The fourth-order valence-electron chi connectivity index (χ4n) is 1.57. The van der Waals surface area contributed by atoms with Crippen molar-refractivity contribution in [2.24, 2.45) is 0 Å². The van der Waals surface area contributed by atoms with Crippen LogP contribution in [0.3, 0.4) is 0 Å². The maximum absolute atomic E-state index is 11.6. The van der Waals surface area contributed by atoms with Crippen LogP contribution >= 0.6 is 0 Å². The number of hydrogen-bond donors (Lipinski definition) is 1. The van der Waals surface area contributed by atoms with Gasteiger partial charge in [-0.3, -0.25) is 4.79 Å². The van der Waals surface area contributed by atoms with Gasteiger partial charge >= 0.3 is 0 Å². The van der Waals surface area contributed by atoms with Crippen LogP contribution < -0.4 is 5.32 Å². The van der Waals surface area contributed by atoms with Crippen LogP contribution in [-0.2, 0) is 11.2 Å². The molecule has 94 valence electrons. The second kappa shape index (κ2) is 6.94. The Balaban J connectivity index is 2.44. The third-order valence-corrected chi connectivity index (χ3v) is 2.84. The fraction of sp³-hybridized carbons (Fsp3) is 0.500. The Morgan fingerprint density at radius 3 is 2.41 bits per heavy atom. The smallest absolute Gasteiger partial charge is 0.241 e. The summed E-state index contributed by atoms with van der Waals surface area (Å²) < 4.78 is 0. The van der Waals surface area contributed by atoms with E-state index in [1.807, 2.05) is 26.1 Å². The molecule has 0 aliphatic carbocycles. The maximum atomic E-state index is 11.6. The molecule has 0 heterocycles. The highest BCUT2D eigenvalue weighted by Crippen LogP contribution is 2.10. The Labute approximate surface area is 104 Å². The van der Waals surface area contributed by atoms with Gasteiger partial charge in [-0.25, -0.2) is 0 Å². The third-order valence-electron chi connectivity index (χ3n) is 2.84. The van der Waals surface area contributed by atoms with Crippen LogP contribution in [0.25, 0.3) is 0 Å². The van der Waals surface area contributed by atoms with E-state index in [0.717, 1.165) is 25.1 Å². The summed E-state index contributed by atoms with van der Waals surface area (Å²) >= 11 is 0. The van der Waals surface area contributed by atoms with Crippen LogP contribution in [0.4, 0.5) is 5.69 Å². The van der Waals surface area contributed by atoms with Gasteiger partial charge in [-0.05, 0) is 31.0 Å². The number of nitrogens with one attached hydrogen (secondary N) is 1. The molecular formula is C14H22N2O. The lowest BCUT2D eigenvalue weighted by atomic mass is 10.1. The summed E-state index contributed by atoms with van der Waals surface area (Å²) in [7, 11) is 1.81. The van der Waals surface area contributed by atoms with Gasteiger partial charge in [0.1, 0.15) is 0 Å². The van der Waals surface area contributed by atoms with Crippen molar-refractivity contribution in [2.75, 3.05) is 25.5 Å². The van der Waals surface area contributed by atoms with Crippen molar-refractivity contribution < 1.29 is 4.79 Å². The normalized spacial score (nSPS) is 10.1. The summed E-state index contributed by atoms with van der Waals surface area (Å²) in [5, 5.41) is 3.14.